The van der Waals surface area contributed by atoms with Crippen LogP contribution in [0.5, 0.6) is 5.75 Å². The number of hydrogen-bond acceptors (Lipinski definition) is 2. The minimum absolute atomic E-state index is 0.0372. The molecule has 144 valence electrons. The van der Waals surface area contributed by atoms with Crippen LogP contribution in [-0.2, 0) is 17.6 Å². The van der Waals surface area contributed by atoms with Crippen LogP contribution in [0.4, 0.5) is 5.69 Å². The Bertz CT molecular complexity index is 932. The van der Waals surface area contributed by atoms with Gasteiger partial charge < -0.3 is 10.1 Å². The summed E-state index contributed by atoms with van der Waals surface area (Å²) in [6, 6.07) is 22.2. The van der Waals surface area contributed by atoms with E-state index in [9.17, 15) is 4.79 Å². The number of anilines is 1. The third-order valence-electron chi connectivity index (χ3n) is 4.66. The molecule has 28 heavy (non-hydrogen) atoms. The quantitative estimate of drug-likeness (QED) is 0.473. The van der Waals surface area contributed by atoms with Crippen LogP contribution in [0.2, 0.25) is 0 Å². The van der Waals surface area contributed by atoms with Gasteiger partial charge in [-0.25, -0.2) is 0 Å². The second-order valence-electron chi connectivity index (χ2n) is 6.51. The van der Waals surface area contributed by atoms with Crippen LogP contribution in [0.15, 0.2) is 71.2 Å². The molecule has 0 saturated heterocycles. The van der Waals surface area contributed by atoms with Crippen LogP contribution < -0.4 is 10.1 Å². The minimum atomic E-state index is -0.158. The zero-order chi connectivity index (χ0) is 19.9. The Morgan fingerprint density at radius 3 is 2.18 bits per heavy atom. The van der Waals surface area contributed by atoms with Gasteiger partial charge in [0.2, 0.25) is 0 Å². The van der Waals surface area contributed by atoms with E-state index in [2.05, 4.69) is 59.4 Å². The van der Waals surface area contributed by atoms with Crippen LogP contribution >= 0.6 is 15.9 Å². The summed E-state index contributed by atoms with van der Waals surface area (Å²) in [5.74, 6) is 0.490. The van der Waals surface area contributed by atoms with E-state index in [1.807, 2.05) is 42.5 Å². The van der Waals surface area contributed by atoms with Gasteiger partial charge >= 0.3 is 0 Å². The molecule has 3 nitrogen and oxygen atoms in total. The summed E-state index contributed by atoms with van der Waals surface area (Å²) < 4.78 is 6.57. The lowest BCUT2D eigenvalue weighted by Crippen LogP contribution is -2.22. The molecule has 0 radical (unpaired) electrons. The molecule has 0 atom stereocenters. The second kappa shape index (κ2) is 9.56. The van der Waals surface area contributed by atoms with Crippen molar-refractivity contribution in [3.8, 4) is 16.9 Å². The van der Waals surface area contributed by atoms with Crippen LogP contribution in [0.3, 0.4) is 0 Å². The first-order valence-corrected chi connectivity index (χ1v) is 10.3. The Morgan fingerprint density at radius 2 is 1.57 bits per heavy atom. The highest BCUT2D eigenvalue weighted by Crippen LogP contribution is 2.31. The van der Waals surface area contributed by atoms with Gasteiger partial charge in [0.25, 0.3) is 5.91 Å². The second-order valence-corrected chi connectivity index (χ2v) is 7.36. The number of aryl methyl sites for hydroxylation is 2. The SMILES string of the molecule is CCc1cccc(CC)c1NC(=O)COc1ccc(-c2ccccc2)cc1Br. The Labute approximate surface area is 174 Å². The fourth-order valence-corrected chi connectivity index (χ4v) is 3.64. The number of amides is 1. The van der Waals surface area contributed by atoms with E-state index in [1.165, 1.54) is 0 Å². The van der Waals surface area contributed by atoms with Crippen molar-refractivity contribution in [2.45, 2.75) is 26.7 Å². The lowest BCUT2D eigenvalue weighted by Gasteiger charge is -2.15. The van der Waals surface area contributed by atoms with Crippen molar-refractivity contribution in [1.82, 2.24) is 0 Å². The fraction of sp³-hybridized carbons (Fsp3) is 0.208. The smallest absolute Gasteiger partial charge is 0.262 e. The Balaban J connectivity index is 1.67. The van der Waals surface area contributed by atoms with E-state index in [-0.39, 0.29) is 12.5 Å². The highest BCUT2D eigenvalue weighted by molar-refractivity contribution is 9.10. The van der Waals surface area contributed by atoms with Gasteiger partial charge in [-0.05, 0) is 63.2 Å². The summed E-state index contributed by atoms with van der Waals surface area (Å²) in [6.07, 6.45) is 1.74. The molecule has 0 fully saturated rings. The molecule has 0 aliphatic heterocycles. The number of carbonyl (C=O) groups excluding carboxylic acids is 1. The normalized spacial score (nSPS) is 10.5. The molecular formula is C24H24BrNO2. The van der Waals surface area contributed by atoms with Crippen LogP contribution in [0, 0.1) is 0 Å². The molecule has 1 N–H and O–H groups in total. The van der Waals surface area contributed by atoms with Crippen molar-refractivity contribution in [3.63, 3.8) is 0 Å². The lowest BCUT2D eigenvalue weighted by molar-refractivity contribution is -0.118. The summed E-state index contributed by atoms with van der Waals surface area (Å²) >= 11 is 3.55. The van der Waals surface area contributed by atoms with Gasteiger partial charge in [-0.3, -0.25) is 4.79 Å². The van der Waals surface area contributed by atoms with Gasteiger partial charge in [-0.1, -0.05) is 68.4 Å². The minimum Gasteiger partial charge on any atom is -0.483 e. The molecule has 1 amide bonds. The number of ether oxygens (including phenoxy) is 1. The number of para-hydroxylation sites is 1. The van der Waals surface area contributed by atoms with E-state index in [4.69, 9.17) is 4.74 Å². The maximum Gasteiger partial charge on any atom is 0.262 e. The van der Waals surface area contributed by atoms with E-state index < -0.39 is 0 Å². The number of rotatable bonds is 7. The summed E-state index contributed by atoms with van der Waals surface area (Å²) in [5.41, 5.74) is 5.42. The summed E-state index contributed by atoms with van der Waals surface area (Å²) in [7, 11) is 0. The molecule has 4 heteroatoms. The van der Waals surface area contributed by atoms with Gasteiger partial charge in [-0.2, -0.15) is 0 Å². The van der Waals surface area contributed by atoms with Gasteiger partial charge in [0, 0.05) is 5.69 Å². The standard InChI is InChI=1S/C24H24BrNO2/c1-3-17-11-8-12-18(4-2)24(17)26-23(27)16-28-22-14-13-20(15-21(22)25)19-9-6-5-7-10-19/h5-15H,3-4,16H2,1-2H3,(H,26,27). The van der Waals surface area contributed by atoms with Gasteiger partial charge in [-0.15, -0.1) is 0 Å². The molecule has 0 aliphatic rings. The van der Waals surface area contributed by atoms with E-state index in [0.29, 0.717) is 5.75 Å². The molecule has 0 saturated carbocycles. The Hall–Kier alpha value is -2.59. The average molecular weight is 438 g/mol. The molecule has 0 bridgehead atoms. The predicted octanol–water partition coefficient (Wildman–Crippen LogP) is 6.26. The van der Waals surface area contributed by atoms with Crippen LogP contribution in [0.25, 0.3) is 11.1 Å². The van der Waals surface area contributed by atoms with Gasteiger partial charge in [0.05, 0.1) is 4.47 Å². The first-order chi connectivity index (χ1) is 13.6. The number of halogens is 1. The van der Waals surface area contributed by atoms with E-state index in [1.54, 1.807) is 0 Å². The maximum absolute atomic E-state index is 12.5. The summed E-state index contributed by atoms with van der Waals surface area (Å²) in [6.45, 7) is 4.14. The van der Waals surface area contributed by atoms with Crippen molar-refractivity contribution < 1.29 is 9.53 Å². The summed E-state index contributed by atoms with van der Waals surface area (Å²) in [4.78, 5) is 12.5. The lowest BCUT2D eigenvalue weighted by atomic mass is 10.0. The topological polar surface area (TPSA) is 38.3 Å². The van der Waals surface area contributed by atoms with Crippen LogP contribution in [-0.4, -0.2) is 12.5 Å². The highest BCUT2D eigenvalue weighted by Gasteiger charge is 2.12. The van der Waals surface area contributed by atoms with Crippen molar-refractivity contribution in [1.29, 1.82) is 0 Å². The number of carbonyl (C=O) groups is 1. The van der Waals surface area contributed by atoms with Gasteiger partial charge in [0.15, 0.2) is 6.61 Å². The average Bonchev–Trinajstić information content (AvgIpc) is 2.73. The molecule has 3 aromatic carbocycles. The molecule has 3 rings (SSSR count). The molecule has 0 heterocycles. The first-order valence-electron chi connectivity index (χ1n) is 9.50. The van der Waals surface area contributed by atoms with Crippen molar-refractivity contribution in [2.75, 3.05) is 11.9 Å². The third-order valence-corrected chi connectivity index (χ3v) is 5.28. The molecule has 0 spiro atoms. The van der Waals surface area contributed by atoms with Crippen molar-refractivity contribution in [2.24, 2.45) is 0 Å². The Morgan fingerprint density at radius 1 is 0.893 bits per heavy atom. The third kappa shape index (κ3) is 4.82. The number of hydrogen-bond donors (Lipinski definition) is 1. The highest BCUT2D eigenvalue weighted by atomic mass is 79.9. The predicted molar refractivity (Wildman–Crippen MR) is 119 cm³/mol. The molecular weight excluding hydrogens is 414 g/mol. The molecule has 0 aliphatic carbocycles. The van der Waals surface area contributed by atoms with E-state index in [0.717, 1.165) is 45.3 Å². The first kappa shape index (κ1) is 20.2. The number of nitrogens with one attached hydrogen (secondary N) is 1. The number of benzene rings is 3. The Kier molecular flexibility index (Phi) is 6.88. The zero-order valence-corrected chi connectivity index (χ0v) is 17.8. The zero-order valence-electron chi connectivity index (χ0n) is 16.2. The molecule has 0 unspecified atom stereocenters. The molecule has 3 aromatic rings. The van der Waals surface area contributed by atoms with Crippen molar-refractivity contribution >= 4 is 27.5 Å². The maximum atomic E-state index is 12.5. The summed E-state index contributed by atoms with van der Waals surface area (Å²) in [5, 5.41) is 3.03. The fourth-order valence-electron chi connectivity index (χ4n) is 3.15. The largest absolute Gasteiger partial charge is 0.483 e. The van der Waals surface area contributed by atoms with Crippen LogP contribution in [0.1, 0.15) is 25.0 Å². The molecule has 0 aromatic heterocycles. The van der Waals surface area contributed by atoms with Crippen molar-refractivity contribution in [3.05, 3.63) is 82.3 Å². The van der Waals surface area contributed by atoms with Gasteiger partial charge in [0.1, 0.15) is 5.75 Å². The monoisotopic (exact) mass is 437 g/mol. The van der Waals surface area contributed by atoms with E-state index >= 15 is 0 Å².